The van der Waals surface area contributed by atoms with Crippen molar-refractivity contribution in [2.24, 2.45) is 0 Å². The van der Waals surface area contributed by atoms with Gasteiger partial charge in [0.25, 0.3) is 0 Å². The van der Waals surface area contributed by atoms with E-state index in [0.717, 1.165) is 26.2 Å². The molecule has 9 nitrogen and oxygen atoms in total. The number of aromatic nitrogens is 5. The van der Waals surface area contributed by atoms with E-state index in [2.05, 4.69) is 47.6 Å². The standard InChI is InChI=1S/C12H19N9/c1-13-10-15-11(18-21-7-5-19(2)6-8-21)17-12(16-10)20-4-3-14-9-20/h3-4,9H,5-8H2,1-2H3,(H2,13,15,16,17,18). The van der Waals surface area contributed by atoms with Crippen molar-refractivity contribution < 1.29 is 0 Å². The molecule has 0 aromatic carbocycles. The molecule has 0 atom stereocenters. The number of likely N-dealkylation sites (N-methyl/N-ethyl adjacent to an activating group) is 1. The van der Waals surface area contributed by atoms with E-state index < -0.39 is 0 Å². The molecule has 0 aliphatic carbocycles. The van der Waals surface area contributed by atoms with Gasteiger partial charge in [0.15, 0.2) is 0 Å². The maximum atomic E-state index is 4.43. The second kappa shape index (κ2) is 6.02. The van der Waals surface area contributed by atoms with Crippen LogP contribution in [0.15, 0.2) is 18.7 Å². The normalized spacial score (nSPS) is 16.9. The Morgan fingerprint density at radius 3 is 2.48 bits per heavy atom. The highest BCUT2D eigenvalue weighted by Crippen LogP contribution is 2.10. The lowest BCUT2D eigenvalue weighted by atomic mass is 10.4. The number of imidazole rings is 1. The molecule has 3 heterocycles. The van der Waals surface area contributed by atoms with E-state index in [0.29, 0.717) is 17.8 Å². The quantitative estimate of drug-likeness (QED) is 0.791. The third kappa shape index (κ3) is 3.26. The number of nitrogens with one attached hydrogen (secondary N) is 2. The van der Waals surface area contributed by atoms with Gasteiger partial charge in [-0.2, -0.15) is 15.0 Å². The average Bonchev–Trinajstić information content (AvgIpc) is 3.04. The molecular weight excluding hydrogens is 270 g/mol. The van der Waals surface area contributed by atoms with Crippen LogP contribution in [-0.4, -0.2) is 74.7 Å². The van der Waals surface area contributed by atoms with Crippen molar-refractivity contribution in [3.05, 3.63) is 18.7 Å². The zero-order chi connectivity index (χ0) is 14.7. The fourth-order valence-electron chi connectivity index (χ4n) is 2.08. The average molecular weight is 289 g/mol. The Kier molecular flexibility index (Phi) is 3.93. The molecule has 0 bridgehead atoms. The van der Waals surface area contributed by atoms with E-state index in [1.165, 1.54) is 0 Å². The van der Waals surface area contributed by atoms with E-state index in [4.69, 9.17) is 0 Å². The smallest absolute Gasteiger partial charge is 0.244 e. The van der Waals surface area contributed by atoms with Crippen LogP contribution in [0, 0.1) is 0 Å². The number of hydrazine groups is 1. The molecule has 0 radical (unpaired) electrons. The Morgan fingerprint density at radius 2 is 1.81 bits per heavy atom. The summed E-state index contributed by atoms with van der Waals surface area (Å²) in [4.78, 5) is 19.4. The molecule has 2 aromatic heterocycles. The van der Waals surface area contributed by atoms with E-state index in [1.54, 1.807) is 30.3 Å². The van der Waals surface area contributed by atoms with Crippen LogP contribution >= 0.6 is 0 Å². The lowest BCUT2D eigenvalue weighted by molar-refractivity contribution is 0.178. The molecule has 1 aliphatic heterocycles. The lowest BCUT2D eigenvalue weighted by Gasteiger charge is -2.32. The summed E-state index contributed by atoms with van der Waals surface area (Å²) in [7, 11) is 3.91. The monoisotopic (exact) mass is 289 g/mol. The summed E-state index contributed by atoms with van der Waals surface area (Å²) >= 11 is 0. The minimum absolute atomic E-state index is 0.519. The largest absolute Gasteiger partial charge is 0.357 e. The van der Waals surface area contributed by atoms with Crippen molar-refractivity contribution in [3.8, 4) is 5.95 Å². The Balaban J connectivity index is 1.79. The molecule has 0 unspecified atom stereocenters. The molecular formula is C12H19N9. The van der Waals surface area contributed by atoms with Crippen LogP contribution in [-0.2, 0) is 0 Å². The molecule has 2 N–H and O–H groups in total. The number of hydrogen-bond donors (Lipinski definition) is 2. The predicted molar refractivity (Wildman–Crippen MR) is 79.2 cm³/mol. The summed E-state index contributed by atoms with van der Waals surface area (Å²) in [6, 6.07) is 0. The third-order valence-corrected chi connectivity index (χ3v) is 3.34. The maximum absolute atomic E-state index is 4.43. The SMILES string of the molecule is CNc1nc(NN2CCN(C)CC2)nc(-n2ccnc2)n1. The molecule has 0 spiro atoms. The second-order valence-electron chi connectivity index (χ2n) is 4.90. The first kappa shape index (κ1) is 13.7. The topological polar surface area (TPSA) is 87.0 Å². The Bertz CT molecular complexity index is 574. The predicted octanol–water partition coefficient (Wildman–Crippen LogP) is -0.327. The minimum atomic E-state index is 0.519. The molecule has 1 fully saturated rings. The van der Waals surface area contributed by atoms with Crippen molar-refractivity contribution in [2.45, 2.75) is 0 Å². The van der Waals surface area contributed by atoms with Crippen LogP contribution < -0.4 is 10.7 Å². The van der Waals surface area contributed by atoms with Gasteiger partial charge in [-0.3, -0.25) is 9.99 Å². The summed E-state index contributed by atoms with van der Waals surface area (Å²) in [6.45, 7) is 3.89. The fraction of sp³-hybridized carbons (Fsp3) is 0.500. The Hall–Kier alpha value is -2.26. The van der Waals surface area contributed by atoms with Gasteiger partial charge in [0.05, 0.1) is 0 Å². The van der Waals surface area contributed by atoms with E-state index in [9.17, 15) is 0 Å². The van der Waals surface area contributed by atoms with Crippen molar-refractivity contribution in [3.63, 3.8) is 0 Å². The highest BCUT2D eigenvalue weighted by Gasteiger charge is 2.15. The van der Waals surface area contributed by atoms with Gasteiger partial charge in [-0.05, 0) is 7.05 Å². The Morgan fingerprint density at radius 1 is 1.05 bits per heavy atom. The zero-order valence-corrected chi connectivity index (χ0v) is 12.2. The molecule has 0 amide bonds. The van der Waals surface area contributed by atoms with Crippen LogP contribution in [0.1, 0.15) is 0 Å². The van der Waals surface area contributed by atoms with E-state index in [1.807, 2.05) is 0 Å². The molecule has 3 rings (SSSR count). The summed E-state index contributed by atoms with van der Waals surface area (Å²) in [5.41, 5.74) is 3.25. The van der Waals surface area contributed by atoms with Crippen LogP contribution in [0.5, 0.6) is 0 Å². The number of rotatable bonds is 4. The molecule has 9 heteroatoms. The number of piperazine rings is 1. The van der Waals surface area contributed by atoms with Crippen molar-refractivity contribution in [2.75, 3.05) is 51.0 Å². The fourth-order valence-corrected chi connectivity index (χ4v) is 2.08. The van der Waals surface area contributed by atoms with Crippen molar-refractivity contribution in [1.82, 2.24) is 34.4 Å². The highest BCUT2D eigenvalue weighted by molar-refractivity contribution is 5.37. The van der Waals surface area contributed by atoms with E-state index in [-0.39, 0.29) is 0 Å². The number of nitrogens with zero attached hydrogens (tertiary/aromatic N) is 7. The lowest BCUT2D eigenvalue weighted by Crippen LogP contribution is -2.47. The van der Waals surface area contributed by atoms with Gasteiger partial charge in [0.2, 0.25) is 17.8 Å². The van der Waals surface area contributed by atoms with Gasteiger partial charge in [0.1, 0.15) is 6.33 Å². The summed E-state index contributed by atoms with van der Waals surface area (Å²) in [5.74, 6) is 1.58. The van der Waals surface area contributed by atoms with Gasteiger partial charge >= 0.3 is 0 Å². The first-order valence-electron chi connectivity index (χ1n) is 6.87. The third-order valence-electron chi connectivity index (χ3n) is 3.34. The van der Waals surface area contributed by atoms with E-state index >= 15 is 0 Å². The van der Waals surface area contributed by atoms with Gasteiger partial charge in [-0.25, -0.2) is 9.99 Å². The molecule has 21 heavy (non-hydrogen) atoms. The number of hydrogen-bond acceptors (Lipinski definition) is 8. The van der Waals surface area contributed by atoms with Gasteiger partial charge < -0.3 is 10.2 Å². The molecule has 2 aromatic rings. The molecule has 1 aliphatic rings. The van der Waals surface area contributed by atoms with Crippen LogP contribution in [0.25, 0.3) is 5.95 Å². The zero-order valence-electron chi connectivity index (χ0n) is 12.2. The maximum Gasteiger partial charge on any atom is 0.244 e. The first-order valence-corrected chi connectivity index (χ1v) is 6.87. The summed E-state index contributed by atoms with van der Waals surface area (Å²) in [6.07, 6.45) is 5.15. The molecule has 0 saturated carbocycles. The van der Waals surface area contributed by atoms with Gasteiger partial charge in [0, 0.05) is 45.6 Å². The second-order valence-corrected chi connectivity index (χ2v) is 4.90. The first-order chi connectivity index (χ1) is 10.2. The van der Waals surface area contributed by atoms with Crippen LogP contribution in [0.4, 0.5) is 11.9 Å². The highest BCUT2D eigenvalue weighted by atomic mass is 15.6. The Labute approximate surface area is 123 Å². The summed E-state index contributed by atoms with van der Waals surface area (Å²) in [5, 5.41) is 5.07. The minimum Gasteiger partial charge on any atom is -0.357 e. The van der Waals surface area contributed by atoms with Crippen molar-refractivity contribution in [1.29, 1.82) is 0 Å². The van der Waals surface area contributed by atoms with Crippen LogP contribution in [0.2, 0.25) is 0 Å². The van der Waals surface area contributed by atoms with Crippen molar-refractivity contribution >= 4 is 11.9 Å². The summed E-state index contributed by atoms with van der Waals surface area (Å²) < 4.78 is 1.75. The van der Waals surface area contributed by atoms with Crippen LogP contribution in [0.3, 0.4) is 0 Å². The molecule has 1 saturated heterocycles. The van der Waals surface area contributed by atoms with Gasteiger partial charge in [-0.1, -0.05) is 0 Å². The molecule has 112 valence electrons. The number of anilines is 2. The van der Waals surface area contributed by atoms with Gasteiger partial charge in [-0.15, -0.1) is 0 Å².